The molecule has 2 amide bonds. The van der Waals surface area contributed by atoms with Crippen molar-refractivity contribution >= 4 is 27.9 Å². The molecule has 4 atom stereocenters. The third-order valence-corrected chi connectivity index (χ3v) is 4.67. The summed E-state index contributed by atoms with van der Waals surface area (Å²) in [4.78, 5) is 34.6. The number of nitrogens with two attached hydrogens (primary N) is 1. The van der Waals surface area contributed by atoms with E-state index in [-0.39, 0.29) is 12.8 Å². The van der Waals surface area contributed by atoms with Gasteiger partial charge in [-0.2, -0.15) is 8.42 Å². The van der Waals surface area contributed by atoms with E-state index in [0.29, 0.717) is 6.42 Å². The van der Waals surface area contributed by atoms with Gasteiger partial charge < -0.3 is 16.2 Å². The van der Waals surface area contributed by atoms with Gasteiger partial charge in [-0.3, -0.25) is 18.9 Å². The molecule has 0 fully saturated rings. The smallest absolute Gasteiger partial charge is 0.306 e. The Kier molecular flexibility index (Phi) is 8.91. The number of primary amides is 1. The van der Waals surface area contributed by atoms with Crippen molar-refractivity contribution < 1.29 is 32.5 Å². The molecule has 0 aliphatic heterocycles. The zero-order valence-electron chi connectivity index (χ0n) is 14.1. The second-order valence-electron chi connectivity index (χ2n) is 6.07. The lowest BCUT2D eigenvalue weighted by Gasteiger charge is -2.21. The van der Waals surface area contributed by atoms with Crippen molar-refractivity contribution in [3.8, 4) is 0 Å². The molecule has 5 N–H and O–H groups in total. The third kappa shape index (κ3) is 8.82. The number of carboxylic acids is 1. The summed E-state index contributed by atoms with van der Waals surface area (Å²) in [5.41, 5.74) is 5.22. The highest BCUT2D eigenvalue weighted by Gasteiger charge is 2.29. The molecule has 0 saturated carbocycles. The Morgan fingerprint density at radius 2 is 1.67 bits per heavy atom. The maximum Gasteiger partial charge on any atom is 0.306 e. The minimum Gasteiger partial charge on any atom is -0.481 e. The Balaban J connectivity index is 4.77. The minimum atomic E-state index is -4.22. The second kappa shape index (κ2) is 9.58. The SMILES string of the molecule is CCC(CC(CC(C)C(=O)NC(C)CS(=O)(=O)O)C(=O)O)C(N)=O. The summed E-state index contributed by atoms with van der Waals surface area (Å²) in [6, 6.07) is -0.813. The predicted octanol–water partition coefficient (Wildman–Crippen LogP) is 0.00750. The molecule has 0 bridgehead atoms. The van der Waals surface area contributed by atoms with E-state index >= 15 is 0 Å². The van der Waals surface area contributed by atoms with Gasteiger partial charge in [0.15, 0.2) is 0 Å². The summed E-state index contributed by atoms with van der Waals surface area (Å²) in [5, 5.41) is 11.7. The molecular weight excluding hydrogens is 340 g/mol. The van der Waals surface area contributed by atoms with Crippen molar-refractivity contribution in [2.45, 2.75) is 46.1 Å². The first-order valence-corrected chi connectivity index (χ1v) is 9.25. The van der Waals surface area contributed by atoms with Gasteiger partial charge >= 0.3 is 5.97 Å². The Hall–Kier alpha value is -1.68. The third-order valence-electron chi connectivity index (χ3n) is 3.75. The fourth-order valence-electron chi connectivity index (χ4n) is 2.40. The fraction of sp³-hybridized carbons (Fsp3) is 0.786. The van der Waals surface area contributed by atoms with E-state index in [0.717, 1.165) is 0 Å². The van der Waals surface area contributed by atoms with Gasteiger partial charge in [-0.1, -0.05) is 13.8 Å². The minimum absolute atomic E-state index is 0.0104. The number of hydrogen-bond acceptors (Lipinski definition) is 5. The van der Waals surface area contributed by atoms with Crippen LogP contribution in [-0.4, -0.2) is 47.7 Å². The van der Waals surface area contributed by atoms with Crippen LogP contribution >= 0.6 is 0 Å². The van der Waals surface area contributed by atoms with Crippen LogP contribution in [0.5, 0.6) is 0 Å². The molecule has 0 aliphatic rings. The number of carbonyl (C=O) groups is 3. The fourth-order valence-corrected chi connectivity index (χ4v) is 3.12. The average Bonchev–Trinajstić information content (AvgIpc) is 2.39. The largest absolute Gasteiger partial charge is 0.481 e. The van der Waals surface area contributed by atoms with Gasteiger partial charge in [0.1, 0.15) is 0 Å². The number of hydrogen-bond donors (Lipinski definition) is 4. The molecule has 24 heavy (non-hydrogen) atoms. The monoisotopic (exact) mass is 366 g/mol. The van der Waals surface area contributed by atoms with Gasteiger partial charge in [0.25, 0.3) is 10.1 Å². The van der Waals surface area contributed by atoms with Crippen LogP contribution in [0.25, 0.3) is 0 Å². The standard InChI is InChI=1S/C14H26N2O7S/c1-4-10(12(15)17)6-11(14(19)20)5-8(2)13(18)16-9(3)7-24(21,22)23/h8-11H,4-7H2,1-3H3,(H2,15,17)(H,16,18)(H,19,20)(H,21,22,23). The van der Waals surface area contributed by atoms with Gasteiger partial charge in [0.2, 0.25) is 11.8 Å². The molecule has 0 spiro atoms. The Bertz CT molecular complexity index is 561. The lowest BCUT2D eigenvalue weighted by molar-refractivity contribution is -0.143. The lowest BCUT2D eigenvalue weighted by Crippen LogP contribution is -2.41. The van der Waals surface area contributed by atoms with Crippen LogP contribution in [0.1, 0.15) is 40.0 Å². The van der Waals surface area contributed by atoms with Gasteiger partial charge in [-0.25, -0.2) is 0 Å². The summed E-state index contributed by atoms with van der Waals surface area (Å²) < 4.78 is 30.3. The van der Waals surface area contributed by atoms with Crippen molar-refractivity contribution in [1.82, 2.24) is 5.32 Å². The Morgan fingerprint density at radius 3 is 2.04 bits per heavy atom. The van der Waals surface area contributed by atoms with Crippen LogP contribution < -0.4 is 11.1 Å². The molecule has 4 unspecified atom stereocenters. The van der Waals surface area contributed by atoms with Crippen molar-refractivity contribution in [2.75, 3.05) is 5.75 Å². The first kappa shape index (κ1) is 22.3. The summed E-state index contributed by atoms with van der Waals surface area (Å²) in [7, 11) is -4.22. The van der Waals surface area contributed by atoms with Crippen LogP contribution in [0.4, 0.5) is 0 Å². The molecule has 0 radical (unpaired) electrons. The molecule has 0 aromatic carbocycles. The number of carboxylic acid groups (broad SMARTS) is 1. The van der Waals surface area contributed by atoms with E-state index < -0.39 is 57.5 Å². The van der Waals surface area contributed by atoms with E-state index in [1.807, 2.05) is 0 Å². The van der Waals surface area contributed by atoms with Crippen molar-refractivity contribution in [3.63, 3.8) is 0 Å². The molecule has 0 heterocycles. The highest BCUT2D eigenvalue weighted by molar-refractivity contribution is 7.85. The highest BCUT2D eigenvalue weighted by Crippen LogP contribution is 2.23. The number of amides is 2. The molecule has 0 aromatic rings. The zero-order valence-corrected chi connectivity index (χ0v) is 14.9. The van der Waals surface area contributed by atoms with Crippen LogP contribution in [0, 0.1) is 17.8 Å². The quantitative estimate of drug-likeness (QED) is 0.374. The van der Waals surface area contributed by atoms with E-state index in [1.54, 1.807) is 6.92 Å². The molecule has 0 aliphatic carbocycles. The van der Waals surface area contributed by atoms with Gasteiger partial charge in [-0.15, -0.1) is 0 Å². The normalized spacial score (nSPS) is 16.7. The van der Waals surface area contributed by atoms with Crippen molar-refractivity contribution in [2.24, 2.45) is 23.5 Å². The Labute approximate surface area is 141 Å². The van der Waals surface area contributed by atoms with Crippen LogP contribution in [-0.2, 0) is 24.5 Å². The molecular formula is C14H26N2O7S. The molecule has 140 valence electrons. The van der Waals surface area contributed by atoms with Gasteiger partial charge in [0, 0.05) is 17.9 Å². The summed E-state index contributed by atoms with van der Waals surface area (Å²) in [6.45, 7) is 4.64. The van der Waals surface area contributed by atoms with Crippen molar-refractivity contribution in [3.05, 3.63) is 0 Å². The van der Waals surface area contributed by atoms with Crippen LogP contribution in [0.15, 0.2) is 0 Å². The number of aliphatic carboxylic acids is 1. The molecule has 0 aromatic heterocycles. The molecule has 10 heteroatoms. The summed E-state index contributed by atoms with van der Waals surface area (Å²) >= 11 is 0. The molecule has 0 saturated heterocycles. The number of rotatable bonds is 11. The predicted molar refractivity (Wildman–Crippen MR) is 86.5 cm³/mol. The summed E-state index contributed by atoms with van der Waals surface area (Å²) in [5.74, 6) is -5.07. The number of nitrogens with one attached hydrogen (secondary N) is 1. The maximum atomic E-state index is 12.0. The molecule has 9 nitrogen and oxygen atoms in total. The zero-order chi connectivity index (χ0) is 19.1. The van der Waals surface area contributed by atoms with E-state index in [1.165, 1.54) is 13.8 Å². The van der Waals surface area contributed by atoms with Crippen LogP contribution in [0.2, 0.25) is 0 Å². The topological polar surface area (TPSA) is 164 Å². The van der Waals surface area contributed by atoms with Crippen LogP contribution in [0.3, 0.4) is 0 Å². The first-order chi connectivity index (χ1) is 10.9. The second-order valence-corrected chi connectivity index (χ2v) is 7.57. The highest BCUT2D eigenvalue weighted by atomic mass is 32.2. The summed E-state index contributed by atoms with van der Waals surface area (Å²) in [6.07, 6.45) is 0.438. The average molecular weight is 366 g/mol. The maximum absolute atomic E-state index is 12.0. The van der Waals surface area contributed by atoms with E-state index in [9.17, 15) is 27.9 Å². The van der Waals surface area contributed by atoms with Gasteiger partial charge in [-0.05, 0) is 26.2 Å². The number of carbonyl (C=O) groups excluding carboxylic acids is 2. The first-order valence-electron chi connectivity index (χ1n) is 7.65. The molecule has 0 rings (SSSR count). The van der Waals surface area contributed by atoms with Gasteiger partial charge in [0.05, 0.1) is 11.7 Å². The Morgan fingerprint density at radius 1 is 1.12 bits per heavy atom. The lowest BCUT2D eigenvalue weighted by atomic mass is 9.86. The van der Waals surface area contributed by atoms with Crippen molar-refractivity contribution in [1.29, 1.82) is 0 Å². The van der Waals surface area contributed by atoms with E-state index in [4.69, 9.17) is 10.3 Å². The van der Waals surface area contributed by atoms with E-state index in [2.05, 4.69) is 5.32 Å².